The minimum atomic E-state index is -0.821. The van der Waals surface area contributed by atoms with Gasteiger partial charge in [0.05, 0.1) is 6.42 Å². The summed E-state index contributed by atoms with van der Waals surface area (Å²) < 4.78 is 0. The average Bonchev–Trinajstić information content (AvgIpc) is 2.93. The van der Waals surface area contributed by atoms with Crippen molar-refractivity contribution in [2.75, 3.05) is 33.2 Å². The van der Waals surface area contributed by atoms with Crippen molar-refractivity contribution in [2.24, 2.45) is 0 Å². The molecule has 1 atom stereocenters. The number of aliphatic carboxylic acids is 1. The van der Waals surface area contributed by atoms with E-state index in [1.54, 1.807) is 4.90 Å². The van der Waals surface area contributed by atoms with Crippen LogP contribution >= 0.6 is 0 Å². The SMILES string of the molecule is CCN1CCC(N(C)C(=O)N2CCCC2CC(=O)O)CC1. The van der Waals surface area contributed by atoms with E-state index in [-0.39, 0.29) is 24.5 Å². The number of rotatable bonds is 4. The first-order chi connectivity index (χ1) is 10.0. The summed E-state index contributed by atoms with van der Waals surface area (Å²) in [5.74, 6) is -0.821. The summed E-state index contributed by atoms with van der Waals surface area (Å²) in [5, 5.41) is 8.96. The molecule has 0 aliphatic carbocycles. The van der Waals surface area contributed by atoms with Crippen LogP contribution in [0.4, 0.5) is 4.79 Å². The number of urea groups is 1. The smallest absolute Gasteiger partial charge is 0.320 e. The first kappa shape index (κ1) is 16.1. The Bertz CT molecular complexity index is 380. The fraction of sp³-hybridized carbons (Fsp3) is 0.867. The molecule has 1 N–H and O–H groups in total. The van der Waals surface area contributed by atoms with Gasteiger partial charge in [-0.1, -0.05) is 6.92 Å². The molecule has 2 aliphatic heterocycles. The van der Waals surface area contributed by atoms with Gasteiger partial charge in [0.15, 0.2) is 0 Å². The fourth-order valence-electron chi connectivity index (χ4n) is 3.48. The highest BCUT2D eigenvalue weighted by Gasteiger charge is 2.34. The zero-order valence-corrected chi connectivity index (χ0v) is 13.1. The van der Waals surface area contributed by atoms with E-state index in [0.29, 0.717) is 6.54 Å². The van der Waals surface area contributed by atoms with Crippen LogP contribution in [-0.2, 0) is 4.79 Å². The monoisotopic (exact) mass is 297 g/mol. The first-order valence-corrected chi connectivity index (χ1v) is 8.00. The third-order valence-electron chi connectivity index (χ3n) is 4.89. The highest BCUT2D eigenvalue weighted by Crippen LogP contribution is 2.24. The Balaban J connectivity index is 1.91. The van der Waals surface area contributed by atoms with Crippen molar-refractivity contribution in [1.29, 1.82) is 0 Å². The van der Waals surface area contributed by atoms with E-state index in [0.717, 1.165) is 45.3 Å². The highest BCUT2D eigenvalue weighted by atomic mass is 16.4. The minimum absolute atomic E-state index is 0.00805. The van der Waals surface area contributed by atoms with Gasteiger partial charge in [-0.15, -0.1) is 0 Å². The minimum Gasteiger partial charge on any atom is -0.481 e. The molecule has 2 heterocycles. The van der Waals surface area contributed by atoms with Crippen molar-refractivity contribution in [1.82, 2.24) is 14.7 Å². The molecular weight excluding hydrogens is 270 g/mol. The number of carbonyl (C=O) groups is 2. The lowest BCUT2D eigenvalue weighted by Gasteiger charge is -2.38. The molecular formula is C15H27N3O3. The number of carboxylic acids is 1. The van der Waals surface area contributed by atoms with Crippen LogP contribution in [0.3, 0.4) is 0 Å². The van der Waals surface area contributed by atoms with Gasteiger partial charge in [0, 0.05) is 38.8 Å². The predicted molar refractivity (Wildman–Crippen MR) is 80.3 cm³/mol. The average molecular weight is 297 g/mol. The number of piperidine rings is 1. The van der Waals surface area contributed by atoms with Gasteiger partial charge in [0.25, 0.3) is 0 Å². The van der Waals surface area contributed by atoms with Crippen molar-refractivity contribution >= 4 is 12.0 Å². The summed E-state index contributed by atoms with van der Waals surface area (Å²) in [6.45, 7) is 6.00. The molecule has 0 saturated carbocycles. The molecule has 0 spiro atoms. The van der Waals surface area contributed by atoms with Gasteiger partial charge in [-0.2, -0.15) is 0 Å². The third kappa shape index (κ3) is 3.87. The van der Waals surface area contributed by atoms with Crippen molar-refractivity contribution in [3.05, 3.63) is 0 Å². The number of carbonyl (C=O) groups excluding carboxylic acids is 1. The van der Waals surface area contributed by atoms with E-state index in [4.69, 9.17) is 5.11 Å². The predicted octanol–water partition coefficient (Wildman–Crippen LogP) is 1.46. The van der Waals surface area contributed by atoms with Crippen LogP contribution < -0.4 is 0 Å². The topological polar surface area (TPSA) is 64.1 Å². The molecule has 0 aromatic carbocycles. The summed E-state index contributed by atoms with van der Waals surface area (Å²) in [4.78, 5) is 29.5. The Morgan fingerprint density at radius 2 is 1.86 bits per heavy atom. The molecule has 2 saturated heterocycles. The Labute approximate surface area is 126 Å². The van der Waals surface area contributed by atoms with Crippen LogP contribution in [0.1, 0.15) is 39.0 Å². The molecule has 0 aromatic heterocycles. The van der Waals surface area contributed by atoms with Gasteiger partial charge in [-0.05, 0) is 32.2 Å². The Morgan fingerprint density at radius 1 is 1.19 bits per heavy atom. The molecule has 6 nitrogen and oxygen atoms in total. The van der Waals surface area contributed by atoms with Crippen molar-refractivity contribution in [3.8, 4) is 0 Å². The molecule has 2 aliphatic rings. The second-order valence-electron chi connectivity index (χ2n) is 6.15. The van der Waals surface area contributed by atoms with Crippen LogP contribution in [0.2, 0.25) is 0 Å². The number of amides is 2. The molecule has 2 amide bonds. The molecule has 120 valence electrons. The molecule has 0 bridgehead atoms. The van der Waals surface area contributed by atoms with E-state index >= 15 is 0 Å². The van der Waals surface area contributed by atoms with Crippen LogP contribution in [0, 0.1) is 0 Å². The second kappa shape index (κ2) is 7.11. The summed E-state index contributed by atoms with van der Waals surface area (Å²) >= 11 is 0. The van der Waals surface area contributed by atoms with E-state index < -0.39 is 5.97 Å². The molecule has 6 heteroatoms. The number of nitrogens with zero attached hydrogens (tertiary/aromatic N) is 3. The van der Waals surface area contributed by atoms with Crippen molar-refractivity contribution in [3.63, 3.8) is 0 Å². The zero-order valence-electron chi connectivity index (χ0n) is 13.1. The number of likely N-dealkylation sites (tertiary alicyclic amines) is 2. The standard InChI is InChI=1S/C15H27N3O3/c1-3-17-9-6-12(7-10-17)16(2)15(21)18-8-4-5-13(18)11-14(19)20/h12-13H,3-11H2,1-2H3,(H,19,20). The quantitative estimate of drug-likeness (QED) is 0.853. The summed E-state index contributed by atoms with van der Waals surface area (Å²) in [7, 11) is 1.87. The first-order valence-electron chi connectivity index (χ1n) is 8.00. The number of hydrogen-bond donors (Lipinski definition) is 1. The Kier molecular flexibility index (Phi) is 5.45. The van der Waals surface area contributed by atoms with Crippen LogP contribution in [0.15, 0.2) is 0 Å². The molecule has 21 heavy (non-hydrogen) atoms. The van der Waals surface area contributed by atoms with Gasteiger partial charge in [-0.25, -0.2) is 4.79 Å². The molecule has 0 aromatic rings. The summed E-state index contributed by atoms with van der Waals surface area (Å²) in [5.41, 5.74) is 0. The van der Waals surface area contributed by atoms with Gasteiger partial charge >= 0.3 is 12.0 Å². The second-order valence-corrected chi connectivity index (χ2v) is 6.15. The lowest BCUT2D eigenvalue weighted by Crippen LogP contribution is -2.51. The Hall–Kier alpha value is -1.30. The molecule has 0 radical (unpaired) electrons. The van der Waals surface area contributed by atoms with Crippen LogP contribution in [0.25, 0.3) is 0 Å². The molecule has 1 unspecified atom stereocenters. The fourth-order valence-corrected chi connectivity index (χ4v) is 3.48. The van der Waals surface area contributed by atoms with E-state index in [1.807, 2.05) is 11.9 Å². The van der Waals surface area contributed by atoms with E-state index in [9.17, 15) is 9.59 Å². The zero-order chi connectivity index (χ0) is 15.4. The maximum atomic E-state index is 12.6. The van der Waals surface area contributed by atoms with Gasteiger partial charge < -0.3 is 19.8 Å². The molecule has 2 rings (SSSR count). The third-order valence-corrected chi connectivity index (χ3v) is 4.89. The van der Waals surface area contributed by atoms with Crippen molar-refractivity contribution < 1.29 is 14.7 Å². The van der Waals surface area contributed by atoms with E-state index in [2.05, 4.69) is 11.8 Å². The maximum absolute atomic E-state index is 12.6. The van der Waals surface area contributed by atoms with Crippen molar-refractivity contribution in [2.45, 2.75) is 51.1 Å². The van der Waals surface area contributed by atoms with Gasteiger partial charge in [0.2, 0.25) is 0 Å². The highest BCUT2D eigenvalue weighted by molar-refractivity contribution is 5.76. The number of hydrogen-bond acceptors (Lipinski definition) is 3. The summed E-state index contributed by atoms with van der Waals surface area (Å²) in [6.07, 6.45) is 3.79. The Morgan fingerprint density at radius 3 is 2.43 bits per heavy atom. The summed E-state index contributed by atoms with van der Waals surface area (Å²) in [6, 6.07) is 0.160. The van der Waals surface area contributed by atoms with Gasteiger partial charge in [-0.3, -0.25) is 4.79 Å². The number of carboxylic acid groups (broad SMARTS) is 1. The van der Waals surface area contributed by atoms with E-state index in [1.165, 1.54) is 0 Å². The maximum Gasteiger partial charge on any atom is 0.320 e. The lowest BCUT2D eigenvalue weighted by molar-refractivity contribution is -0.138. The van der Waals surface area contributed by atoms with Gasteiger partial charge in [0.1, 0.15) is 0 Å². The van der Waals surface area contributed by atoms with Crippen LogP contribution in [-0.4, -0.2) is 77.1 Å². The molecule has 2 fully saturated rings. The largest absolute Gasteiger partial charge is 0.481 e. The lowest BCUT2D eigenvalue weighted by atomic mass is 10.0. The normalized spacial score (nSPS) is 24.3. The van der Waals surface area contributed by atoms with Crippen LogP contribution in [0.5, 0.6) is 0 Å².